The quantitative estimate of drug-likeness (QED) is 0.826. The summed E-state index contributed by atoms with van der Waals surface area (Å²) in [5.74, 6) is 1.01. The molecular weight excluding hydrogens is 314 g/mol. The van der Waals surface area contributed by atoms with Crippen LogP contribution in [0.25, 0.3) is 0 Å². The lowest BCUT2D eigenvalue weighted by atomic mass is 10.1. The smallest absolute Gasteiger partial charge is 0.138 e. The molecule has 0 atom stereocenters. The standard InChI is InChI=1S/C13H13BrClN3/c1-8(2)11-12(15)16-7-17-13(11)18-10-5-3-4-9(14)6-10/h3-8H,1-2H3,(H,16,17,18). The van der Waals surface area contributed by atoms with Gasteiger partial charge in [0.25, 0.3) is 0 Å². The molecule has 94 valence electrons. The van der Waals surface area contributed by atoms with Crippen LogP contribution in [0.1, 0.15) is 25.3 Å². The van der Waals surface area contributed by atoms with Crippen LogP contribution in [0.5, 0.6) is 0 Å². The Morgan fingerprint density at radius 1 is 1.28 bits per heavy atom. The SMILES string of the molecule is CC(C)c1c(Cl)ncnc1Nc1cccc(Br)c1. The molecule has 0 aliphatic rings. The summed E-state index contributed by atoms with van der Waals surface area (Å²) < 4.78 is 1.01. The first-order chi connectivity index (χ1) is 8.58. The van der Waals surface area contributed by atoms with E-state index in [1.807, 2.05) is 24.3 Å². The molecule has 0 aliphatic carbocycles. The molecule has 2 aromatic rings. The second kappa shape index (κ2) is 5.67. The third kappa shape index (κ3) is 3.00. The van der Waals surface area contributed by atoms with Gasteiger partial charge in [0.1, 0.15) is 17.3 Å². The number of benzene rings is 1. The van der Waals surface area contributed by atoms with Crippen molar-refractivity contribution in [2.45, 2.75) is 19.8 Å². The van der Waals surface area contributed by atoms with Crippen LogP contribution in [0.4, 0.5) is 11.5 Å². The zero-order chi connectivity index (χ0) is 13.1. The third-order valence-corrected chi connectivity index (χ3v) is 3.29. The van der Waals surface area contributed by atoms with Gasteiger partial charge in [0.2, 0.25) is 0 Å². The molecule has 2 rings (SSSR count). The van der Waals surface area contributed by atoms with E-state index >= 15 is 0 Å². The lowest BCUT2D eigenvalue weighted by Crippen LogP contribution is -2.02. The van der Waals surface area contributed by atoms with Crippen molar-refractivity contribution < 1.29 is 0 Å². The van der Waals surface area contributed by atoms with E-state index < -0.39 is 0 Å². The maximum Gasteiger partial charge on any atom is 0.138 e. The Bertz CT molecular complexity index is 558. The number of halogens is 2. The molecule has 0 fully saturated rings. The highest BCUT2D eigenvalue weighted by molar-refractivity contribution is 9.10. The molecule has 0 spiro atoms. The first kappa shape index (κ1) is 13.3. The van der Waals surface area contributed by atoms with Crippen LogP contribution < -0.4 is 5.32 Å². The molecule has 0 saturated heterocycles. The summed E-state index contributed by atoms with van der Waals surface area (Å²) in [5.41, 5.74) is 1.89. The summed E-state index contributed by atoms with van der Waals surface area (Å²) in [6.45, 7) is 4.13. The lowest BCUT2D eigenvalue weighted by molar-refractivity contribution is 0.850. The first-order valence-corrected chi connectivity index (χ1v) is 6.78. The summed E-state index contributed by atoms with van der Waals surface area (Å²) in [6.07, 6.45) is 1.47. The van der Waals surface area contributed by atoms with E-state index in [9.17, 15) is 0 Å². The van der Waals surface area contributed by atoms with E-state index in [1.165, 1.54) is 6.33 Å². The summed E-state index contributed by atoms with van der Waals surface area (Å²) >= 11 is 9.56. The van der Waals surface area contributed by atoms with Gasteiger partial charge in [0, 0.05) is 15.7 Å². The molecule has 1 aromatic carbocycles. The molecule has 0 unspecified atom stereocenters. The van der Waals surface area contributed by atoms with Gasteiger partial charge in [0.05, 0.1) is 0 Å². The molecule has 3 nitrogen and oxygen atoms in total. The van der Waals surface area contributed by atoms with Gasteiger partial charge >= 0.3 is 0 Å². The molecule has 18 heavy (non-hydrogen) atoms. The van der Waals surface area contributed by atoms with Crippen LogP contribution in [0.3, 0.4) is 0 Å². The number of rotatable bonds is 3. The molecule has 1 N–H and O–H groups in total. The third-order valence-electron chi connectivity index (χ3n) is 2.50. The predicted molar refractivity (Wildman–Crippen MR) is 78.6 cm³/mol. The van der Waals surface area contributed by atoms with Gasteiger partial charge in [-0.25, -0.2) is 9.97 Å². The van der Waals surface area contributed by atoms with Crippen LogP contribution in [0.15, 0.2) is 35.1 Å². The number of aromatic nitrogens is 2. The number of nitrogens with zero attached hydrogens (tertiary/aromatic N) is 2. The Morgan fingerprint density at radius 2 is 2.06 bits per heavy atom. The summed E-state index contributed by atoms with van der Waals surface area (Å²) in [5, 5.41) is 3.77. The fraction of sp³-hybridized carbons (Fsp3) is 0.231. The number of hydrogen-bond acceptors (Lipinski definition) is 3. The van der Waals surface area contributed by atoms with E-state index in [0.717, 1.165) is 21.5 Å². The van der Waals surface area contributed by atoms with E-state index in [4.69, 9.17) is 11.6 Å². The molecule has 1 aromatic heterocycles. The number of nitrogens with one attached hydrogen (secondary N) is 1. The zero-order valence-electron chi connectivity index (χ0n) is 10.1. The zero-order valence-corrected chi connectivity index (χ0v) is 12.5. The summed E-state index contributed by atoms with van der Waals surface area (Å²) in [4.78, 5) is 8.29. The highest BCUT2D eigenvalue weighted by Crippen LogP contribution is 2.30. The average Bonchev–Trinajstić information content (AvgIpc) is 2.28. The topological polar surface area (TPSA) is 37.8 Å². The van der Waals surface area contributed by atoms with Gasteiger partial charge in [0.15, 0.2) is 0 Å². The molecule has 0 aliphatic heterocycles. The van der Waals surface area contributed by atoms with Crippen molar-refractivity contribution in [3.63, 3.8) is 0 Å². The van der Waals surface area contributed by atoms with Gasteiger partial charge in [-0.3, -0.25) is 0 Å². The van der Waals surface area contributed by atoms with Crippen LogP contribution in [-0.2, 0) is 0 Å². The fourth-order valence-electron chi connectivity index (χ4n) is 1.69. The molecular formula is C13H13BrClN3. The van der Waals surface area contributed by atoms with E-state index in [2.05, 4.69) is 45.1 Å². The second-order valence-electron chi connectivity index (χ2n) is 4.22. The van der Waals surface area contributed by atoms with Crippen molar-refractivity contribution in [3.05, 3.63) is 45.8 Å². The van der Waals surface area contributed by atoms with Gasteiger partial charge < -0.3 is 5.32 Å². The van der Waals surface area contributed by atoms with Crippen molar-refractivity contribution in [2.75, 3.05) is 5.32 Å². The van der Waals surface area contributed by atoms with Crippen LogP contribution in [0.2, 0.25) is 5.15 Å². The Labute approximate surface area is 120 Å². The second-order valence-corrected chi connectivity index (χ2v) is 5.49. The van der Waals surface area contributed by atoms with Crippen molar-refractivity contribution in [3.8, 4) is 0 Å². The van der Waals surface area contributed by atoms with Gasteiger partial charge in [-0.05, 0) is 24.1 Å². The predicted octanol–water partition coefficient (Wildman–Crippen LogP) is 4.76. The highest BCUT2D eigenvalue weighted by atomic mass is 79.9. The Kier molecular flexibility index (Phi) is 4.19. The molecule has 0 bridgehead atoms. The maximum absolute atomic E-state index is 6.12. The lowest BCUT2D eigenvalue weighted by Gasteiger charge is -2.14. The van der Waals surface area contributed by atoms with Crippen molar-refractivity contribution >= 4 is 39.0 Å². The Hall–Kier alpha value is -1.13. The maximum atomic E-state index is 6.12. The summed E-state index contributed by atoms with van der Waals surface area (Å²) in [6, 6.07) is 7.90. The Morgan fingerprint density at radius 3 is 2.72 bits per heavy atom. The first-order valence-electron chi connectivity index (χ1n) is 5.61. The number of anilines is 2. The largest absolute Gasteiger partial charge is 0.340 e. The van der Waals surface area contributed by atoms with E-state index in [-0.39, 0.29) is 5.92 Å². The average molecular weight is 327 g/mol. The van der Waals surface area contributed by atoms with Crippen LogP contribution >= 0.6 is 27.5 Å². The van der Waals surface area contributed by atoms with Crippen molar-refractivity contribution in [1.82, 2.24) is 9.97 Å². The summed E-state index contributed by atoms with van der Waals surface area (Å²) in [7, 11) is 0. The molecule has 0 amide bonds. The monoisotopic (exact) mass is 325 g/mol. The highest BCUT2D eigenvalue weighted by Gasteiger charge is 2.13. The normalized spacial score (nSPS) is 10.7. The molecule has 0 radical (unpaired) electrons. The van der Waals surface area contributed by atoms with Crippen molar-refractivity contribution in [1.29, 1.82) is 0 Å². The van der Waals surface area contributed by atoms with E-state index in [0.29, 0.717) is 5.15 Å². The molecule has 5 heteroatoms. The van der Waals surface area contributed by atoms with Crippen LogP contribution in [0, 0.1) is 0 Å². The fourth-order valence-corrected chi connectivity index (χ4v) is 2.44. The minimum Gasteiger partial charge on any atom is -0.340 e. The van der Waals surface area contributed by atoms with Gasteiger partial charge in [-0.2, -0.15) is 0 Å². The Balaban J connectivity index is 2.37. The minimum atomic E-state index is 0.258. The molecule has 0 saturated carbocycles. The number of hydrogen-bond donors (Lipinski definition) is 1. The molecule has 1 heterocycles. The van der Waals surface area contributed by atoms with Crippen molar-refractivity contribution in [2.24, 2.45) is 0 Å². The van der Waals surface area contributed by atoms with Gasteiger partial charge in [-0.15, -0.1) is 0 Å². The van der Waals surface area contributed by atoms with Gasteiger partial charge in [-0.1, -0.05) is 47.4 Å². The minimum absolute atomic E-state index is 0.258. The van der Waals surface area contributed by atoms with E-state index in [1.54, 1.807) is 0 Å². The van der Waals surface area contributed by atoms with Crippen LogP contribution in [-0.4, -0.2) is 9.97 Å².